The van der Waals surface area contributed by atoms with Crippen LogP contribution < -0.4 is 10.1 Å². The minimum atomic E-state index is 0.683. The molecular weight excluding hydrogens is 334 g/mol. The van der Waals surface area contributed by atoms with Gasteiger partial charge in [0.15, 0.2) is 0 Å². The van der Waals surface area contributed by atoms with Crippen LogP contribution in [0.5, 0.6) is 5.75 Å². The predicted molar refractivity (Wildman–Crippen MR) is 102 cm³/mol. The molecule has 3 rings (SSSR count). The molecule has 0 aliphatic heterocycles. The summed E-state index contributed by atoms with van der Waals surface area (Å²) in [5.74, 6) is 0.815. The van der Waals surface area contributed by atoms with Gasteiger partial charge in [-0.2, -0.15) is 5.10 Å². The maximum atomic E-state index is 6.38. The summed E-state index contributed by atoms with van der Waals surface area (Å²) in [6.07, 6.45) is 3.86. The Labute approximate surface area is 152 Å². The fourth-order valence-electron chi connectivity index (χ4n) is 2.60. The van der Waals surface area contributed by atoms with Crippen molar-refractivity contribution in [2.24, 2.45) is 0 Å². The average molecular weight is 354 g/mol. The highest BCUT2D eigenvalue weighted by molar-refractivity contribution is 6.33. The lowest BCUT2D eigenvalue weighted by atomic mass is 10.1. The molecule has 0 unspecified atom stereocenters. The number of nitrogens with zero attached hydrogens (tertiary/aromatic N) is 2. The van der Waals surface area contributed by atoms with Gasteiger partial charge in [-0.1, -0.05) is 35.9 Å². The van der Waals surface area contributed by atoms with Crippen molar-refractivity contribution in [3.8, 4) is 22.7 Å². The van der Waals surface area contributed by atoms with Crippen molar-refractivity contribution in [3.05, 3.63) is 78.0 Å². The Morgan fingerprint density at radius 2 is 1.96 bits per heavy atom. The number of methoxy groups -OCH3 is 1. The Kier molecular flexibility index (Phi) is 5.53. The van der Waals surface area contributed by atoms with Crippen LogP contribution in [0.15, 0.2) is 67.4 Å². The van der Waals surface area contributed by atoms with E-state index in [1.54, 1.807) is 7.11 Å². The molecule has 0 saturated heterocycles. The molecule has 0 aliphatic carbocycles. The Morgan fingerprint density at radius 3 is 2.64 bits per heavy atom. The van der Waals surface area contributed by atoms with Crippen LogP contribution in [0.1, 0.15) is 5.56 Å². The Balaban J connectivity index is 2.01. The highest BCUT2D eigenvalue weighted by atomic mass is 35.5. The minimum Gasteiger partial charge on any atom is -0.497 e. The molecule has 0 amide bonds. The Hall–Kier alpha value is -2.56. The van der Waals surface area contributed by atoms with Gasteiger partial charge in [0.05, 0.1) is 23.5 Å². The lowest BCUT2D eigenvalue weighted by Crippen LogP contribution is -2.12. The molecule has 0 atom stereocenters. The molecule has 0 spiro atoms. The monoisotopic (exact) mass is 353 g/mol. The van der Waals surface area contributed by atoms with Gasteiger partial charge in [0, 0.05) is 30.4 Å². The first-order chi connectivity index (χ1) is 12.2. The fourth-order valence-corrected chi connectivity index (χ4v) is 2.82. The number of benzene rings is 2. The van der Waals surface area contributed by atoms with Gasteiger partial charge in [-0.15, -0.1) is 6.58 Å². The van der Waals surface area contributed by atoms with Gasteiger partial charge in [-0.25, -0.2) is 4.68 Å². The summed E-state index contributed by atoms with van der Waals surface area (Å²) in [6, 6.07) is 15.5. The molecule has 0 radical (unpaired) electrons. The van der Waals surface area contributed by atoms with Crippen LogP contribution in [0.4, 0.5) is 0 Å². The van der Waals surface area contributed by atoms with Crippen LogP contribution in [0.25, 0.3) is 16.9 Å². The van der Waals surface area contributed by atoms with Crippen LogP contribution in [-0.4, -0.2) is 23.4 Å². The van der Waals surface area contributed by atoms with Crippen molar-refractivity contribution in [1.29, 1.82) is 0 Å². The largest absolute Gasteiger partial charge is 0.497 e. The van der Waals surface area contributed by atoms with Crippen molar-refractivity contribution in [2.75, 3.05) is 13.7 Å². The maximum absolute atomic E-state index is 6.38. The molecule has 2 aromatic carbocycles. The van der Waals surface area contributed by atoms with E-state index in [2.05, 4.69) is 11.9 Å². The molecule has 128 valence electrons. The number of hydrogen-bond acceptors (Lipinski definition) is 3. The SMILES string of the molecule is C=CCNCc1cn(-c2ccc(OC)cc2)nc1-c1ccccc1Cl. The zero-order chi connectivity index (χ0) is 17.6. The predicted octanol–water partition coefficient (Wildman–Crippen LogP) is 4.48. The molecule has 25 heavy (non-hydrogen) atoms. The smallest absolute Gasteiger partial charge is 0.119 e. The van der Waals surface area contributed by atoms with Gasteiger partial charge in [-0.05, 0) is 30.3 Å². The molecule has 4 nitrogen and oxygen atoms in total. The number of rotatable bonds is 7. The Morgan fingerprint density at radius 1 is 1.20 bits per heavy atom. The number of ether oxygens (including phenoxy) is 1. The van der Waals surface area contributed by atoms with Crippen LogP contribution in [-0.2, 0) is 6.54 Å². The molecule has 5 heteroatoms. The lowest BCUT2D eigenvalue weighted by Gasteiger charge is -2.05. The normalized spacial score (nSPS) is 10.6. The number of aromatic nitrogens is 2. The third-order valence-corrected chi connectivity index (χ3v) is 4.19. The summed E-state index contributed by atoms with van der Waals surface area (Å²) in [5.41, 5.74) is 3.83. The van der Waals surface area contributed by atoms with Gasteiger partial charge < -0.3 is 10.1 Å². The molecule has 1 heterocycles. The number of halogens is 1. The highest BCUT2D eigenvalue weighted by Crippen LogP contribution is 2.30. The van der Waals surface area contributed by atoms with E-state index in [9.17, 15) is 0 Å². The van der Waals surface area contributed by atoms with Crippen molar-refractivity contribution in [1.82, 2.24) is 15.1 Å². The molecule has 0 saturated carbocycles. The standard InChI is InChI=1S/C20H20ClN3O/c1-3-12-22-13-15-14-24(16-8-10-17(25-2)11-9-16)23-20(15)18-6-4-5-7-19(18)21/h3-11,14,22H,1,12-13H2,2H3. The molecule has 3 aromatic rings. The van der Waals surface area contributed by atoms with Gasteiger partial charge in [0.1, 0.15) is 5.75 Å². The zero-order valence-corrected chi connectivity index (χ0v) is 14.8. The second kappa shape index (κ2) is 8.01. The molecular formula is C20H20ClN3O. The van der Waals surface area contributed by atoms with E-state index in [1.165, 1.54) is 0 Å². The Bertz CT molecular complexity index is 856. The molecule has 0 fully saturated rings. The van der Waals surface area contributed by atoms with Crippen LogP contribution in [0.3, 0.4) is 0 Å². The number of nitrogens with one attached hydrogen (secondary N) is 1. The van der Waals surface area contributed by atoms with E-state index in [0.29, 0.717) is 11.6 Å². The van der Waals surface area contributed by atoms with Crippen molar-refractivity contribution >= 4 is 11.6 Å². The van der Waals surface area contributed by atoms with E-state index in [4.69, 9.17) is 21.4 Å². The third-order valence-electron chi connectivity index (χ3n) is 3.86. The summed E-state index contributed by atoms with van der Waals surface area (Å²) in [6.45, 7) is 5.15. The summed E-state index contributed by atoms with van der Waals surface area (Å²) in [7, 11) is 1.65. The third kappa shape index (κ3) is 3.92. The summed E-state index contributed by atoms with van der Waals surface area (Å²) >= 11 is 6.38. The molecule has 1 aromatic heterocycles. The molecule has 0 bridgehead atoms. The summed E-state index contributed by atoms with van der Waals surface area (Å²) < 4.78 is 7.08. The first kappa shape index (κ1) is 17.3. The first-order valence-corrected chi connectivity index (χ1v) is 8.40. The first-order valence-electron chi connectivity index (χ1n) is 8.02. The van der Waals surface area contributed by atoms with E-state index >= 15 is 0 Å². The van der Waals surface area contributed by atoms with Gasteiger partial charge in [0.2, 0.25) is 0 Å². The summed E-state index contributed by atoms with van der Waals surface area (Å²) in [5, 5.41) is 8.79. The average Bonchev–Trinajstić information content (AvgIpc) is 3.06. The molecule has 0 aliphatic rings. The van der Waals surface area contributed by atoms with Crippen LogP contribution >= 0.6 is 11.6 Å². The van der Waals surface area contributed by atoms with Gasteiger partial charge >= 0.3 is 0 Å². The van der Waals surface area contributed by atoms with E-state index in [-0.39, 0.29) is 0 Å². The van der Waals surface area contributed by atoms with Gasteiger partial charge in [-0.3, -0.25) is 0 Å². The van der Waals surface area contributed by atoms with Gasteiger partial charge in [0.25, 0.3) is 0 Å². The van der Waals surface area contributed by atoms with Crippen molar-refractivity contribution in [2.45, 2.75) is 6.54 Å². The highest BCUT2D eigenvalue weighted by Gasteiger charge is 2.14. The second-order valence-corrected chi connectivity index (χ2v) is 5.95. The minimum absolute atomic E-state index is 0.683. The summed E-state index contributed by atoms with van der Waals surface area (Å²) in [4.78, 5) is 0. The van der Waals surface area contributed by atoms with E-state index < -0.39 is 0 Å². The van der Waals surface area contributed by atoms with E-state index in [0.717, 1.165) is 34.8 Å². The second-order valence-electron chi connectivity index (χ2n) is 5.54. The molecule has 1 N–H and O–H groups in total. The maximum Gasteiger partial charge on any atom is 0.119 e. The fraction of sp³-hybridized carbons (Fsp3) is 0.150. The van der Waals surface area contributed by atoms with Crippen molar-refractivity contribution in [3.63, 3.8) is 0 Å². The lowest BCUT2D eigenvalue weighted by molar-refractivity contribution is 0.414. The zero-order valence-electron chi connectivity index (χ0n) is 14.1. The van der Waals surface area contributed by atoms with Crippen LogP contribution in [0.2, 0.25) is 5.02 Å². The topological polar surface area (TPSA) is 39.1 Å². The van der Waals surface area contributed by atoms with Crippen LogP contribution in [0, 0.1) is 0 Å². The van der Waals surface area contributed by atoms with Crippen molar-refractivity contribution < 1.29 is 4.74 Å². The van der Waals surface area contributed by atoms with E-state index in [1.807, 2.05) is 65.5 Å². The quantitative estimate of drug-likeness (QED) is 0.503. The number of hydrogen-bond donors (Lipinski definition) is 1.